The van der Waals surface area contributed by atoms with Gasteiger partial charge in [0.05, 0.1) is 6.54 Å². The Bertz CT molecular complexity index is 348. The van der Waals surface area contributed by atoms with Crippen molar-refractivity contribution >= 4 is 0 Å². The second-order valence-electron chi connectivity index (χ2n) is 4.27. The molecule has 0 fully saturated rings. The van der Waals surface area contributed by atoms with Crippen molar-refractivity contribution in [1.82, 2.24) is 5.32 Å². The first-order chi connectivity index (χ1) is 7.63. The molecule has 0 bridgehead atoms. The number of hydrogen-bond donors (Lipinski definition) is 1. The first-order valence-corrected chi connectivity index (χ1v) is 5.54. The minimum Gasteiger partial charge on any atom is -0.303 e. The molecule has 0 radical (unpaired) electrons. The summed E-state index contributed by atoms with van der Waals surface area (Å²) in [6.45, 7) is 4.87. The zero-order chi connectivity index (χ0) is 12.0. The maximum Gasteiger partial charge on any atom is 0.123 e. The molecule has 0 aliphatic rings. The van der Waals surface area contributed by atoms with E-state index in [2.05, 4.69) is 25.1 Å². The molecule has 0 amide bonds. The minimum absolute atomic E-state index is 0.193. The highest BCUT2D eigenvalue weighted by atomic mass is 19.1. The van der Waals surface area contributed by atoms with E-state index in [1.54, 1.807) is 0 Å². The van der Waals surface area contributed by atoms with E-state index < -0.39 is 0 Å². The highest BCUT2D eigenvalue weighted by molar-refractivity contribution is 5.17. The molecule has 1 rings (SSSR count). The standard InChI is InChI=1S/C14H18FN/c1-4-9-16-14(11(2)3)10-12-5-7-13(15)8-6-12/h1,5-8,11,14,16H,9-10H2,2-3H3. The summed E-state index contributed by atoms with van der Waals surface area (Å²) in [6.07, 6.45) is 6.10. The van der Waals surface area contributed by atoms with Gasteiger partial charge in [-0.1, -0.05) is 31.9 Å². The Morgan fingerprint density at radius 2 is 1.94 bits per heavy atom. The van der Waals surface area contributed by atoms with Gasteiger partial charge in [0.15, 0.2) is 0 Å². The maximum atomic E-state index is 12.7. The lowest BCUT2D eigenvalue weighted by molar-refractivity contribution is 0.414. The SMILES string of the molecule is C#CCNC(Cc1ccc(F)cc1)C(C)C. The van der Waals surface area contributed by atoms with E-state index in [-0.39, 0.29) is 5.82 Å². The number of terminal acetylenes is 1. The Balaban J connectivity index is 2.61. The Kier molecular flexibility index (Phi) is 5.01. The molecule has 0 aliphatic heterocycles. The molecule has 0 heterocycles. The van der Waals surface area contributed by atoms with Crippen LogP contribution >= 0.6 is 0 Å². The maximum absolute atomic E-state index is 12.7. The number of hydrogen-bond acceptors (Lipinski definition) is 1. The van der Waals surface area contributed by atoms with E-state index in [1.807, 2.05) is 12.1 Å². The van der Waals surface area contributed by atoms with Gasteiger partial charge in [0.1, 0.15) is 5.82 Å². The summed E-state index contributed by atoms with van der Waals surface area (Å²) in [5.41, 5.74) is 1.13. The van der Waals surface area contributed by atoms with E-state index >= 15 is 0 Å². The van der Waals surface area contributed by atoms with Crippen molar-refractivity contribution in [2.24, 2.45) is 5.92 Å². The van der Waals surface area contributed by atoms with Crippen LogP contribution in [-0.2, 0) is 6.42 Å². The summed E-state index contributed by atoms with van der Waals surface area (Å²) in [4.78, 5) is 0. The van der Waals surface area contributed by atoms with Crippen molar-refractivity contribution in [2.75, 3.05) is 6.54 Å². The van der Waals surface area contributed by atoms with E-state index in [1.165, 1.54) is 12.1 Å². The quantitative estimate of drug-likeness (QED) is 0.751. The molecule has 86 valence electrons. The fraction of sp³-hybridized carbons (Fsp3) is 0.429. The lowest BCUT2D eigenvalue weighted by Crippen LogP contribution is -2.36. The van der Waals surface area contributed by atoms with Crippen LogP contribution in [0.2, 0.25) is 0 Å². The van der Waals surface area contributed by atoms with Crippen molar-refractivity contribution in [3.05, 3.63) is 35.6 Å². The van der Waals surface area contributed by atoms with Crippen molar-refractivity contribution in [3.8, 4) is 12.3 Å². The summed E-state index contributed by atoms with van der Waals surface area (Å²) in [6, 6.07) is 6.97. The molecule has 2 heteroatoms. The van der Waals surface area contributed by atoms with Gasteiger partial charge in [-0.3, -0.25) is 0 Å². The van der Waals surface area contributed by atoms with Gasteiger partial charge in [-0.2, -0.15) is 0 Å². The molecule has 0 spiro atoms. The number of halogens is 1. The summed E-state index contributed by atoms with van der Waals surface area (Å²) in [5.74, 6) is 2.88. The molecule has 1 atom stereocenters. The van der Waals surface area contributed by atoms with Crippen LogP contribution < -0.4 is 5.32 Å². The van der Waals surface area contributed by atoms with Gasteiger partial charge in [-0.15, -0.1) is 6.42 Å². The molecular formula is C14H18FN. The van der Waals surface area contributed by atoms with Gasteiger partial charge < -0.3 is 5.32 Å². The number of rotatable bonds is 5. The smallest absolute Gasteiger partial charge is 0.123 e. The Hall–Kier alpha value is -1.33. The summed E-state index contributed by atoms with van der Waals surface area (Å²) in [7, 11) is 0. The normalized spacial score (nSPS) is 12.4. The summed E-state index contributed by atoms with van der Waals surface area (Å²) in [5, 5.41) is 3.30. The lowest BCUT2D eigenvalue weighted by atomic mass is 9.96. The second-order valence-corrected chi connectivity index (χ2v) is 4.27. The molecule has 1 aromatic rings. The molecule has 0 aliphatic carbocycles. The third kappa shape index (κ3) is 4.04. The molecule has 0 saturated carbocycles. The molecule has 0 saturated heterocycles. The van der Waals surface area contributed by atoms with Crippen molar-refractivity contribution < 1.29 is 4.39 Å². The lowest BCUT2D eigenvalue weighted by Gasteiger charge is -2.21. The van der Waals surface area contributed by atoms with Crippen LogP contribution in [0.3, 0.4) is 0 Å². The van der Waals surface area contributed by atoms with Gasteiger partial charge in [0.2, 0.25) is 0 Å². The van der Waals surface area contributed by atoms with Crippen LogP contribution in [0.1, 0.15) is 19.4 Å². The highest BCUT2D eigenvalue weighted by Crippen LogP contribution is 2.11. The zero-order valence-electron chi connectivity index (χ0n) is 9.83. The third-order valence-corrected chi connectivity index (χ3v) is 2.64. The fourth-order valence-electron chi connectivity index (χ4n) is 1.61. The van der Waals surface area contributed by atoms with Crippen LogP contribution in [0, 0.1) is 24.1 Å². The van der Waals surface area contributed by atoms with Gasteiger partial charge in [0.25, 0.3) is 0 Å². The number of nitrogens with one attached hydrogen (secondary N) is 1. The van der Waals surface area contributed by atoms with Crippen LogP contribution in [0.15, 0.2) is 24.3 Å². The summed E-state index contributed by atoms with van der Waals surface area (Å²) < 4.78 is 12.7. The second kappa shape index (κ2) is 6.30. The van der Waals surface area contributed by atoms with Crippen LogP contribution in [0.4, 0.5) is 4.39 Å². The fourth-order valence-corrected chi connectivity index (χ4v) is 1.61. The molecule has 1 unspecified atom stereocenters. The van der Waals surface area contributed by atoms with E-state index in [9.17, 15) is 4.39 Å². The average Bonchev–Trinajstić information content (AvgIpc) is 2.26. The predicted octanol–water partition coefficient (Wildman–Crippen LogP) is 2.62. The van der Waals surface area contributed by atoms with Gasteiger partial charge >= 0.3 is 0 Å². The Morgan fingerprint density at radius 1 is 1.31 bits per heavy atom. The van der Waals surface area contributed by atoms with Crippen LogP contribution in [0.25, 0.3) is 0 Å². The first kappa shape index (κ1) is 12.7. The van der Waals surface area contributed by atoms with E-state index in [4.69, 9.17) is 6.42 Å². The van der Waals surface area contributed by atoms with Gasteiger partial charge in [-0.25, -0.2) is 4.39 Å². The minimum atomic E-state index is -0.193. The summed E-state index contributed by atoms with van der Waals surface area (Å²) >= 11 is 0. The number of benzene rings is 1. The molecular weight excluding hydrogens is 201 g/mol. The largest absolute Gasteiger partial charge is 0.303 e. The monoisotopic (exact) mass is 219 g/mol. The first-order valence-electron chi connectivity index (χ1n) is 5.54. The Labute approximate surface area is 97.1 Å². The molecule has 1 nitrogen and oxygen atoms in total. The topological polar surface area (TPSA) is 12.0 Å². The zero-order valence-corrected chi connectivity index (χ0v) is 9.83. The van der Waals surface area contributed by atoms with Crippen molar-refractivity contribution in [1.29, 1.82) is 0 Å². The van der Waals surface area contributed by atoms with Crippen molar-refractivity contribution in [2.45, 2.75) is 26.3 Å². The predicted molar refractivity (Wildman–Crippen MR) is 65.6 cm³/mol. The Morgan fingerprint density at radius 3 is 2.44 bits per heavy atom. The van der Waals surface area contributed by atoms with Gasteiger partial charge in [-0.05, 0) is 30.0 Å². The molecule has 1 N–H and O–H groups in total. The third-order valence-electron chi connectivity index (χ3n) is 2.64. The molecule has 0 aromatic heterocycles. The van der Waals surface area contributed by atoms with Crippen LogP contribution in [-0.4, -0.2) is 12.6 Å². The molecule has 1 aromatic carbocycles. The van der Waals surface area contributed by atoms with Gasteiger partial charge in [0, 0.05) is 6.04 Å². The van der Waals surface area contributed by atoms with Crippen LogP contribution in [0.5, 0.6) is 0 Å². The highest BCUT2D eigenvalue weighted by Gasteiger charge is 2.12. The van der Waals surface area contributed by atoms with E-state index in [0.717, 1.165) is 12.0 Å². The average molecular weight is 219 g/mol. The molecule has 16 heavy (non-hydrogen) atoms. The van der Waals surface area contributed by atoms with Crippen molar-refractivity contribution in [3.63, 3.8) is 0 Å². The van der Waals surface area contributed by atoms with E-state index in [0.29, 0.717) is 18.5 Å².